The second-order valence-electron chi connectivity index (χ2n) is 9.28. The summed E-state index contributed by atoms with van der Waals surface area (Å²) in [7, 11) is -2.32. The van der Waals surface area contributed by atoms with E-state index < -0.39 is 27.5 Å². The number of halogens is 2. The van der Waals surface area contributed by atoms with E-state index in [0.29, 0.717) is 11.1 Å². The first kappa shape index (κ1) is 26.3. The Morgan fingerprint density at radius 2 is 0.575 bits per heavy atom. The van der Waals surface area contributed by atoms with E-state index in [1.54, 1.807) is 12.1 Å². The van der Waals surface area contributed by atoms with Crippen molar-refractivity contribution in [3.05, 3.63) is 169 Å². The predicted molar refractivity (Wildman–Crippen MR) is 169 cm³/mol. The van der Waals surface area contributed by atoms with Crippen molar-refractivity contribution in [3.8, 4) is 11.1 Å². The molecule has 0 spiro atoms. The Bertz CT molecular complexity index is 1500. The van der Waals surface area contributed by atoms with E-state index in [1.165, 1.54) is 12.1 Å². The molecule has 0 radical (unpaired) electrons. The monoisotopic (exact) mass is 558 g/mol. The molecule has 194 valence electrons. The van der Waals surface area contributed by atoms with Crippen LogP contribution in [-0.4, -0.2) is 0 Å². The third-order valence-corrected chi connectivity index (χ3v) is 11.7. The summed E-state index contributed by atoms with van der Waals surface area (Å²) >= 11 is 0. The van der Waals surface area contributed by atoms with E-state index in [2.05, 4.69) is 48.5 Å². The molecule has 4 heteroatoms. The maximum absolute atomic E-state index is 16.2. The van der Waals surface area contributed by atoms with Gasteiger partial charge in [-0.3, -0.25) is 0 Å². The SMILES string of the molecule is Fc1cccc(P(c2ccccc2)c2ccccc2)c1-c1c(F)cccc1P(c1ccccc1)c1ccccc1. The van der Waals surface area contributed by atoms with Gasteiger partial charge in [0.05, 0.1) is 0 Å². The van der Waals surface area contributed by atoms with Crippen LogP contribution in [0.1, 0.15) is 0 Å². The molecule has 6 rings (SSSR count). The lowest BCUT2D eigenvalue weighted by Gasteiger charge is -2.26. The largest absolute Gasteiger partial charge is 0.206 e. The lowest BCUT2D eigenvalue weighted by molar-refractivity contribution is 0.618. The van der Waals surface area contributed by atoms with Crippen LogP contribution in [-0.2, 0) is 0 Å². The van der Waals surface area contributed by atoms with Crippen molar-refractivity contribution >= 4 is 47.7 Å². The van der Waals surface area contributed by atoms with Gasteiger partial charge in [-0.2, -0.15) is 0 Å². The van der Waals surface area contributed by atoms with Crippen molar-refractivity contribution in [1.82, 2.24) is 0 Å². The van der Waals surface area contributed by atoms with Gasteiger partial charge in [-0.15, -0.1) is 0 Å². The summed E-state index contributed by atoms with van der Waals surface area (Å²) in [5.74, 6) is -0.835. The van der Waals surface area contributed by atoms with Crippen LogP contribution in [0.25, 0.3) is 11.1 Å². The molecule has 0 aliphatic carbocycles. The molecule has 0 N–H and O–H groups in total. The van der Waals surface area contributed by atoms with Gasteiger partial charge in [-0.25, -0.2) is 8.78 Å². The molecule has 0 heterocycles. The Morgan fingerprint density at radius 3 is 0.850 bits per heavy atom. The molecule has 0 bridgehead atoms. The van der Waals surface area contributed by atoms with Crippen LogP contribution in [0.5, 0.6) is 0 Å². The number of rotatable bonds is 7. The summed E-state index contributed by atoms with van der Waals surface area (Å²) in [6.45, 7) is 0. The molecular weight excluding hydrogens is 532 g/mol. The summed E-state index contributed by atoms with van der Waals surface area (Å²) < 4.78 is 32.4. The van der Waals surface area contributed by atoms with Crippen LogP contribution in [0.2, 0.25) is 0 Å². The molecule has 40 heavy (non-hydrogen) atoms. The standard InChI is InChI=1S/C36H26F2P2/c37-31-23-13-25-33(39(27-15-5-1-6-16-27)28-17-7-2-8-18-28)35(31)36-32(38)24-14-26-34(36)40(29-19-9-3-10-20-29)30-21-11-4-12-22-30/h1-26H. The molecule has 0 fully saturated rings. The van der Waals surface area contributed by atoms with Crippen LogP contribution in [0.4, 0.5) is 8.78 Å². The Balaban J connectivity index is 1.65. The van der Waals surface area contributed by atoms with Gasteiger partial charge in [0.15, 0.2) is 0 Å². The molecule has 0 amide bonds. The molecule has 0 saturated carbocycles. The Hall–Kier alpha value is -3.96. The minimum atomic E-state index is -1.16. The van der Waals surface area contributed by atoms with E-state index in [1.807, 2.05) is 84.9 Å². The van der Waals surface area contributed by atoms with E-state index >= 15 is 8.78 Å². The van der Waals surface area contributed by atoms with E-state index in [9.17, 15) is 0 Å². The highest BCUT2D eigenvalue weighted by Crippen LogP contribution is 2.42. The highest BCUT2D eigenvalue weighted by molar-refractivity contribution is 7.80. The molecule has 0 aliphatic heterocycles. The minimum Gasteiger partial charge on any atom is -0.206 e. The van der Waals surface area contributed by atoms with Crippen molar-refractivity contribution in [2.24, 2.45) is 0 Å². The Kier molecular flexibility index (Phi) is 7.92. The van der Waals surface area contributed by atoms with E-state index in [4.69, 9.17) is 0 Å². The zero-order valence-corrected chi connectivity index (χ0v) is 23.5. The fraction of sp³-hybridized carbons (Fsp3) is 0. The minimum absolute atomic E-state index is 0.341. The summed E-state index contributed by atoms with van der Waals surface area (Å²) in [5.41, 5.74) is 0.683. The molecule has 0 saturated heterocycles. The van der Waals surface area contributed by atoms with E-state index in [-0.39, 0.29) is 0 Å². The highest BCUT2D eigenvalue weighted by atomic mass is 31.1. The van der Waals surface area contributed by atoms with Gasteiger partial charge in [0.2, 0.25) is 0 Å². The Labute approximate surface area is 236 Å². The fourth-order valence-electron chi connectivity index (χ4n) is 5.06. The summed E-state index contributed by atoms with van der Waals surface area (Å²) in [4.78, 5) is 0. The number of hydrogen-bond acceptors (Lipinski definition) is 0. The molecule has 0 unspecified atom stereocenters. The third-order valence-electron chi connectivity index (χ3n) is 6.77. The summed E-state index contributed by atoms with van der Waals surface area (Å²) in [5, 5.41) is 5.94. The molecule has 0 aliphatic rings. The van der Waals surface area contributed by atoms with Gasteiger partial charge in [-0.1, -0.05) is 146 Å². The molecule has 0 nitrogen and oxygen atoms in total. The molecule has 0 aromatic heterocycles. The maximum atomic E-state index is 16.2. The van der Waals surface area contributed by atoms with Crippen molar-refractivity contribution in [3.63, 3.8) is 0 Å². The topological polar surface area (TPSA) is 0 Å². The first-order valence-corrected chi connectivity index (χ1v) is 15.8. The van der Waals surface area contributed by atoms with Crippen molar-refractivity contribution in [1.29, 1.82) is 0 Å². The summed E-state index contributed by atoms with van der Waals surface area (Å²) in [6.07, 6.45) is 0. The molecule has 6 aromatic rings. The van der Waals surface area contributed by atoms with Crippen LogP contribution in [0.3, 0.4) is 0 Å². The second kappa shape index (κ2) is 12.1. The van der Waals surface area contributed by atoms with Gasteiger partial charge in [0, 0.05) is 11.1 Å². The third kappa shape index (κ3) is 5.26. The van der Waals surface area contributed by atoms with Gasteiger partial charge in [0.1, 0.15) is 11.6 Å². The maximum Gasteiger partial charge on any atom is 0.131 e. The Morgan fingerprint density at radius 1 is 0.300 bits per heavy atom. The normalized spacial score (nSPS) is 11.2. The lowest BCUT2D eigenvalue weighted by atomic mass is 10.0. The zero-order valence-electron chi connectivity index (χ0n) is 21.7. The van der Waals surface area contributed by atoms with Crippen LogP contribution < -0.4 is 31.8 Å². The quantitative estimate of drug-likeness (QED) is 0.183. The van der Waals surface area contributed by atoms with Gasteiger partial charge in [0.25, 0.3) is 0 Å². The van der Waals surface area contributed by atoms with Crippen LogP contribution >= 0.6 is 15.8 Å². The van der Waals surface area contributed by atoms with Crippen LogP contribution in [0.15, 0.2) is 158 Å². The average molecular weight is 559 g/mol. The summed E-state index contributed by atoms with van der Waals surface area (Å²) in [6, 6.07) is 50.9. The first-order chi connectivity index (χ1) is 19.7. The predicted octanol–water partition coefficient (Wildman–Crippen LogP) is 7.15. The fourth-order valence-corrected chi connectivity index (χ4v) is 10.0. The first-order valence-electron chi connectivity index (χ1n) is 13.1. The average Bonchev–Trinajstić information content (AvgIpc) is 3.01. The van der Waals surface area contributed by atoms with Crippen molar-refractivity contribution in [2.75, 3.05) is 0 Å². The van der Waals surface area contributed by atoms with Gasteiger partial charge >= 0.3 is 0 Å². The number of benzene rings is 6. The number of hydrogen-bond donors (Lipinski definition) is 0. The zero-order chi connectivity index (χ0) is 27.3. The van der Waals surface area contributed by atoms with Crippen molar-refractivity contribution in [2.45, 2.75) is 0 Å². The van der Waals surface area contributed by atoms with Gasteiger partial charge in [-0.05, 0) is 59.8 Å². The second-order valence-corrected chi connectivity index (χ2v) is 13.7. The molecule has 0 atom stereocenters. The lowest BCUT2D eigenvalue weighted by Crippen LogP contribution is -2.27. The van der Waals surface area contributed by atoms with Crippen molar-refractivity contribution < 1.29 is 8.78 Å². The van der Waals surface area contributed by atoms with Crippen LogP contribution in [0, 0.1) is 11.6 Å². The smallest absolute Gasteiger partial charge is 0.131 e. The highest BCUT2D eigenvalue weighted by Gasteiger charge is 2.28. The molecule has 6 aromatic carbocycles. The van der Waals surface area contributed by atoms with Gasteiger partial charge < -0.3 is 0 Å². The molecular formula is C36H26F2P2. The van der Waals surface area contributed by atoms with E-state index in [0.717, 1.165) is 31.8 Å².